The van der Waals surface area contributed by atoms with Crippen molar-refractivity contribution in [3.63, 3.8) is 0 Å². The molecule has 2 amide bonds. The van der Waals surface area contributed by atoms with Gasteiger partial charge in [-0.05, 0) is 12.8 Å². The summed E-state index contributed by atoms with van der Waals surface area (Å²) >= 11 is 0. The second kappa shape index (κ2) is 11.6. The number of rotatable bonds is 11. The third-order valence-electron chi connectivity index (χ3n) is 2.98. The summed E-state index contributed by atoms with van der Waals surface area (Å²) in [6.45, 7) is 0.442. The van der Waals surface area contributed by atoms with E-state index < -0.39 is 0 Å². The van der Waals surface area contributed by atoms with E-state index >= 15 is 0 Å². The molecule has 0 rings (SSSR count). The van der Waals surface area contributed by atoms with Crippen LogP contribution in [-0.4, -0.2) is 83.4 Å². The topological polar surface area (TPSA) is 101 Å². The summed E-state index contributed by atoms with van der Waals surface area (Å²) in [6, 6.07) is 0. The van der Waals surface area contributed by atoms with E-state index in [1.54, 1.807) is 7.05 Å². The lowest BCUT2D eigenvalue weighted by Crippen LogP contribution is -2.35. The van der Waals surface area contributed by atoms with Gasteiger partial charge in [-0.15, -0.1) is 0 Å². The molecule has 3 N–H and O–H groups in total. The third kappa shape index (κ3) is 8.08. The fraction of sp³-hybridized carbons (Fsp3) is 0.846. The summed E-state index contributed by atoms with van der Waals surface area (Å²) in [5.41, 5.74) is 0. The van der Waals surface area contributed by atoms with Crippen molar-refractivity contribution in [2.45, 2.75) is 25.7 Å². The maximum atomic E-state index is 11.8. The van der Waals surface area contributed by atoms with Gasteiger partial charge in [-0.3, -0.25) is 9.59 Å². The van der Waals surface area contributed by atoms with E-state index in [0.717, 1.165) is 0 Å². The van der Waals surface area contributed by atoms with Crippen molar-refractivity contribution in [3.05, 3.63) is 0 Å². The zero-order valence-electron chi connectivity index (χ0n) is 12.1. The molecular weight excluding hydrogens is 264 g/mol. The van der Waals surface area contributed by atoms with Crippen LogP contribution in [0.25, 0.3) is 0 Å². The summed E-state index contributed by atoms with van der Waals surface area (Å²) in [4.78, 5) is 26.2. The van der Waals surface area contributed by atoms with Crippen LogP contribution in [0, 0.1) is 0 Å². The molecule has 20 heavy (non-hydrogen) atoms. The molecule has 0 aromatic carbocycles. The predicted molar refractivity (Wildman–Crippen MR) is 73.9 cm³/mol. The lowest BCUT2D eigenvalue weighted by molar-refractivity contribution is -0.133. The number of nitrogens with zero attached hydrogens (tertiary/aromatic N) is 2. The molecule has 0 aliphatic carbocycles. The Bertz CT molecular complexity index is 280. The molecule has 118 valence electrons. The van der Waals surface area contributed by atoms with Gasteiger partial charge in [-0.25, -0.2) is 0 Å². The molecule has 0 bridgehead atoms. The van der Waals surface area contributed by atoms with Crippen LogP contribution in [0.4, 0.5) is 0 Å². The third-order valence-corrected chi connectivity index (χ3v) is 2.98. The Balaban J connectivity index is 3.87. The number of carbonyl (C=O) groups is 2. The van der Waals surface area contributed by atoms with Crippen LogP contribution < -0.4 is 0 Å². The summed E-state index contributed by atoms with van der Waals surface area (Å²) in [6.07, 6.45) is 1.85. The molecule has 0 heterocycles. The smallest absolute Gasteiger partial charge is 0.222 e. The molecule has 0 saturated carbocycles. The van der Waals surface area contributed by atoms with E-state index in [2.05, 4.69) is 0 Å². The minimum absolute atomic E-state index is 0.0472. The maximum absolute atomic E-state index is 11.8. The molecule has 0 unspecified atom stereocenters. The van der Waals surface area contributed by atoms with E-state index in [4.69, 9.17) is 15.3 Å². The molecule has 0 saturated heterocycles. The zero-order valence-corrected chi connectivity index (χ0v) is 12.1. The molecule has 7 nitrogen and oxygen atoms in total. The Hall–Kier alpha value is -1.18. The Morgan fingerprint density at radius 3 is 1.70 bits per heavy atom. The van der Waals surface area contributed by atoms with Gasteiger partial charge in [0, 0.05) is 39.5 Å². The molecule has 0 fully saturated rings. The van der Waals surface area contributed by atoms with E-state index in [1.807, 2.05) is 0 Å². The molecule has 7 heteroatoms. The SMILES string of the molecule is CN(CCO)C(=O)CCCCC(=O)N(CCO)CCO. The van der Waals surface area contributed by atoms with Crippen molar-refractivity contribution >= 4 is 11.8 Å². The number of aliphatic hydroxyl groups is 3. The van der Waals surface area contributed by atoms with Gasteiger partial charge in [0.15, 0.2) is 0 Å². The Labute approximate surface area is 119 Å². The van der Waals surface area contributed by atoms with Crippen molar-refractivity contribution in [2.75, 3.05) is 46.5 Å². The van der Waals surface area contributed by atoms with Gasteiger partial charge in [-0.2, -0.15) is 0 Å². The largest absolute Gasteiger partial charge is 0.395 e. The Morgan fingerprint density at radius 1 is 0.800 bits per heavy atom. The quantitative estimate of drug-likeness (QED) is 0.415. The van der Waals surface area contributed by atoms with Crippen molar-refractivity contribution in [1.82, 2.24) is 9.80 Å². The molecule has 0 aromatic rings. The van der Waals surface area contributed by atoms with Crippen LogP contribution in [0.1, 0.15) is 25.7 Å². The van der Waals surface area contributed by atoms with Crippen LogP contribution in [-0.2, 0) is 9.59 Å². The van der Waals surface area contributed by atoms with E-state index in [1.165, 1.54) is 9.80 Å². The van der Waals surface area contributed by atoms with Crippen molar-refractivity contribution in [2.24, 2.45) is 0 Å². The van der Waals surface area contributed by atoms with Gasteiger partial charge in [0.1, 0.15) is 0 Å². The van der Waals surface area contributed by atoms with Crippen LogP contribution in [0.5, 0.6) is 0 Å². The molecule has 0 aromatic heterocycles. The van der Waals surface area contributed by atoms with E-state index in [0.29, 0.717) is 32.2 Å². The second-order valence-electron chi connectivity index (χ2n) is 4.57. The first-order valence-electron chi connectivity index (χ1n) is 6.91. The monoisotopic (exact) mass is 290 g/mol. The van der Waals surface area contributed by atoms with Crippen molar-refractivity contribution < 1.29 is 24.9 Å². The number of carbonyl (C=O) groups excluding carboxylic acids is 2. The van der Waals surface area contributed by atoms with Crippen LogP contribution >= 0.6 is 0 Å². The minimum atomic E-state index is -0.129. The minimum Gasteiger partial charge on any atom is -0.395 e. The van der Waals surface area contributed by atoms with Crippen LogP contribution in [0.3, 0.4) is 0 Å². The highest BCUT2D eigenvalue weighted by Crippen LogP contribution is 2.05. The number of hydrogen-bond acceptors (Lipinski definition) is 5. The highest BCUT2D eigenvalue weighted by molar-refractivity contribution is 5.77. The first kappa shape index (κ1) is 18.8. The first-order chi connectivity index (χ1) is 9.56. The molecule has 0 aliphatic heterocycles. The highest BCUT2D eigenvalue weighted by atomic mass is 16.3. The summed E-state index contributed by atoms with van der Waals surface area (Å²) < 4.78 is 0. The van der Waals surface area contributed by atoms with Gasteiger partial charge >= 0.3 is 0 Å². The fourth-order valence-electron chi connectivity index (χ4n) is 1.78. The molecule has 0 radical (unpaired) electrons. The van der Waals surface area contributed by atoms with Crippen LogP contribution in [0.2, 0.25) is 0 Å². The summed E-state index contributed by atoms with van der Waals surface area (Å²) in [5, 5.41) is 26.4. The normalized spacial score (nSPS) is 10.4. The number of hydrogen-bond donors (Lipinski definition) is 3. The molecule has 0 atom stereocenters. The van der Waals surface area contributed by atoms with Crippen molar-refractivity contribution in [3.8, 4) is 0 Å². The number of likely N-dealkylation sites (N-methyl/N-ethyl adjacent to an activating group) is 1. The number of amides is 2. The number of aliphatic hydroxyl groups excluding tert-OH is 3. The predicted octanol–water partition coefficient (Wildman–Crippen LogP) is -1.19. The molecule has 0 spiro atoms. The lowest BCUT2D eigenvalue weighted by Gasteiger charge is -2.20. The van der Waals surface area contributed by atoms with E-state index in [-0.39, 0.29) is 44.7 Å². The Morgan fingerprint density at radius 2 is 1.25 bits per heavy atom. The lowest BCUT2D eigenvalue weighted by atomic mass is 10.1. The van der Waals surface area contributed by atoms with Gasteiger partial charge in [0.05, 0.1) is 19.8 Å². The summed E-state index contributed by atoms with van der Waals surface area (Å²) in [5.74, 6) is -0.168. The van der Waals surface area contributed by atoms with Crippen molar-refractivity contribution in [1.29, 1.82) is 0 Å². The molecular formula is C13H26N2O5. The van der Waals surface area contributed by atoms with Crippen LogP contribution in [0.15, 0.2) is 0 Å². The van der Waals surface area contributed by atoms with Gasteiger partial charge in [0.25, 0.3) is 0 Å². The average molecular weight is 290 g/mol. The number of unbranched alkanes of at least 4 members (excludes halogenated alkanes) is 1. The maximum Gasteiger partial charge on any atom is 0.222 e. The van der Waals surface area contributed by atoms with Gasteiger partial charge in [-0.1, -0.05) is 0 Å². The summed E-state index contributed by atoms with van der Waals surface area (Å²) in [7, 11) is 1.63. The van der Waals surface area contributed by atoms with Gasteiger partial charge in [0.2, 0.25) is 11.8 Å². The molecule has 0 aliphatic rings. The average Bonchev–Trinajstić information content (AvgIpc) is 2.43. The van der Waals surface area contributed by atoms with E-state index in [9.17, 15) is 9.59 Å². The highest BCUT2D eigenvalue weighted by Gasteiger charge is 2.13. The second-order valence-corrected chi connectivity index (χ2v) is 4.57. The zero-order chi connectivity index (χ0) is 15.4. The Kier molecular flexibility index (Phi) is 10.9. The fourth-order valence-corrected chi connectivity index (χ4v) is 1.78. The standard InChI is InChI=1S/C13H26N2O5/c1-14(6-9-16)12(19)4-2-3-5-13(20)15(7-10-17)8-11-18/h16-18H,2-11H2,1H3. The van der Waals surface area contributed by atoms with Gasteiger partial charge < -0.3 is 25.1 Å². The first-order valence-corrected chi connectivity index (χ1v) is 6.91.